The van der Waals surface area contributed by atoms with Crippen LogP contribution in [-0.2, 0) is 0 Å². The molecule has 0 aromatic heterocycles. The molecule has 2 aliphatic carbocycles. The molecule has 1 aromatic carbocycles. The van der Waals surface area contributed by atoms with Gasteiger partial charge in [0, 0.05) is 16.1 Å². The number of hydrogen-bond acceptors (Lipinski definition) is 1. The third kappa shape index (κ3) is 2.04. The number of halogens is 2. The summed E-state index contributed by atoms with van der Waals surface area (Å²) in [6.07, 6.45) is 5.16. The fourth-order valence-corrected chi connectivity index (χ4v) is 4.07. The van der Waals surface area contributed by atoms with Crippen molar-refractivity contribution in [3.63, 3.8) is 0 Å². The Balaban J connectivity index is 1.84. The molecule has 4 unspecified atom stereocenters. The summed E-state index contributed by atoms with van der Waals surface area (Å²) in [5.41, 5.74) is 6.97. The molecule has 0 heterocycles. The van der Waals surface area contributed by atoms with Gasteiger partial charge in [0.15, 0.2) is 0 Å². The minimum Gasteiger partial charge on any atom is -0.324 e. The van der Waals surface area contributed by atoms with Crippen molar-refractivity contribution in [2.75, 3.05) is 0 Å². The monoisotopic (exact) mass is 297 g/mol. The molecule has 92 valence electrons. The number of benzene rings is 1. The first-order valence-electron chi connectivity index (χ1n) is 6.35. The van der Waals surface area contributed by atoms with E-state index in [-0.39, 0.29) is 11.9 Å². The van der Waals surface area contributed by atoms with Crippen molar-refractivity contribution in [2.45, 2.75) is 31.7 Å². The normalized spacial score (nSPS) is 33.0. The van der Waals surface area contributed by atoms with Gasteiger partial charge in [0.25, 0.3) is 0 Å². The first-order valence-corrected chi connectivity index (χ1v) is 7.15. The molecule has 2 N–H and O–H groups in total. The first-order chi connectivity index (χ1) is 8.15. The van der Waals surface area contributed by atoms with Crippen molar-refractivity contribution in [1.82, 2.24) is 0 Å². The lowest BCUT2D eigenvalue weighted by molar-refractivity contribution is 0.280. The lowest BCUT2D eigenvalue weighted by atomic mass is 9.81. The fourth-order valence-electron chi connectivity index (χ4n) is 3.74. The van der Waals surface area contributed by atoms with Crippen LogP contribution in [0.25, 0.3) is 0 Å². The molecule has 0 aliphatic heterocycles. The second-order valence-electron chi connectivity index (χ2n) is 5.53. The van der Waals surface area contributed by atoms with E-state index in [9.17, 15) is 4.39 Å². The Kier molecular flexibility index (Phi) is 2.99. The van der Waals surface area contributed by atoms with Gasteiger partial charge in [-0.3, -0.25) is 0 Å². The molecule has 0 saturated heterocycles. The second-order valence-corrected chi connectivity index (χ2v) is 6.45. The Morgan fingerprint density at radius 3 is 2.71 bits per heavy atom. The van der Waals surface area contributed by atoms with Crippen LogP contribution in [0.15, 0.2) is 22.7 Å². The van der Waals surface area contributed by atoms with Crippen LogP contribution in [-0.4, -0.2) is 0 Å². The minimum absolute atomic E-state index is 0.126. The average molecular weight is 298 g/mol. The van der Waals surface area contributed by atoms with E-state index in [2.05, 4.69) is 15.9 Å². The van der Waals surface area contributed by atoms with Gasteiger partial charge < -0.3 is 5.73 Å². The van der Waals surface area contributed by atoms with Gasteiger partial charge in [-0.1, -0.05) is 28.4 Å². The summed E-state index contributed by atoms with van der Waals surface area (Å²) < 4.78 is 14.7. The molecule has 3 heteroatoms. The molecule has 4 atom stereocenters. The predicted octanol–water partition coefficient (Wildman–Crippen LogP) is 4.02. The van der Waals surface area contributed by atoms with Gasteiger partial charge in [-0.05, 0) is 49.1 Å². The van der Waals surface area contributed by atoms with Gasteiger partial charge >= 0.3 is 0 Å². The quantitative estimate of drug-likeness (QED) is 0.876. The molecule has 1 nitrogen and oxygen atoms in total. The zero-order valence-electron chi connectivity index (χ0n) is 9.70. The van der Waals surface area contributed by atoms with E-state index in [1.54, 1.807) is 0 Å². The highest BCUT2D eigenvalue weighted by Crippen LogP contribution is 2.52. The van der Waals surface area contributed by atoms with Crippen molar-refractivity contribution in [3.8, 4) is 0 Å². The summed E-state index contributed by atoms with van der Waals surface area (Å²) in [6, 6.07) is 5.10. The maximum atomic E-state index is 13.9. The highest BCUT2D eigenvalue weighted by atomic mass is 79.9. The zero-order chi connectivity index (χ0) is 12.0. The molecule has 2 bridgehead atoms. The van der Waals surface area contributed by atoms with E-state index < -0.39 is 0 Å². The van der Waals surface area contributed by atoms with Crippen molar-refractivity contribution in [2.24, 2.45) is 23.5 Å². The van der Waals surface area contributed by atoms with Crippen molar-refractivity contribution in [1.29, 1.82) is 0 Å². The molecule has 1 aromatic rings. The van der Waals surface area contributed by atoms with Crippen molar-refractivity contribution in [3.05, 3.63) is 34.1 Å². The van der Waals surface area contributed by atoms with Crippen LogP contribution >= 0.6 is 15.9 Å². The van der Waals surface area contributed by atoms with Crippen LogP contribution < -0.4 is 5.73 Å². The molecule has 2 fully saturated rings. The summed E-state index contributed by atoms with van der Waals surface area (Å²) >= 11 is 3.28. The number of fused-ring (bicyclic) bond motifs is 2. The molecule has 2 saturated carbocycles. The summed E-state index contributed by atoms with van der Waals surface area (Å²) in [4.78, 5) is 0. The molecular formula is C14H17BrFN. The van der Waals surface area contributed by atoms with Crippen LogP contribution in [0, 0.1) is 23.6 Å². The van der Waals surface area contributed by atoms with Gasteiger partial charge in [0.2, 0.25) is 0 Å². The molecule has 17 heavy (non-hydrogen) atoms. The predicted molar refractivity (Wildman–Crippen MR) is 70.0 cm³/mol. The van der Waals surface area contributed by atoms with E-state index in [1.165, 1.54) is 31.7 Å². The maximum absolute atomic E-state index is 13.9. The Morgan fingerprint density at radius 1 is 1.29 bits per heavy atom. The molecule has 2 aliphatic rings. The summed E-state index contributed by atoms with van der Waals surface area (Å²) in [5, 5.41) is 0. The van der Waals surface area contributed by atoms with Crippen LogP contribution in [0.4, 0.5) is 4.39 Å². The third-order valence-corrected chi connectivity index (χ3v) is 5.07. The van der Waals surface area contributed by atoms with Gasteiger partial charge in [0.1, 0.15) is 5.82 Å². The standard InChI is InChI=1S/C14H17BrFN/c15-10-3-4-11(13(16)7-10)14(17)12-6-8-1-2-9(12)5-8/h3-4,7-9,12,14H,1-2,5-6,17H2. The second kappa shape index (κ2) is 4.36. The highest BCUT2D eigenvalue weighted by Gasteiger charge is 2.42. The minimum atomic E-state index is -0.172. The van der Waals surface area contributed by atoms with Crippen LogP contribution in [0.2, 0.25) is 0 Å². The van der Waals surface area contributed by atoms with Gasteiger partial charge in [-0.25, -0.2) is 4.39 Å². The smallest absolute Gasteiger partial charge is 0.129 e. The lowest BCUT2D eigenvalue weighted by Gasteiger charge is -2.28. The van der Waals surface area contributed by atoms with Gasteiger partial charge in [-0.15, -0.1) is 0 Å². The molecule has 0 spiro atoms. The van der Waals surface area contributed by atoms with E-state index >= 15 is 0 Å². The van der Waals surface area contributed by atoms with Crippen LogP contribution in [0.5, 0.6) is 0 Å². The number of hydrogen-bond donors (Lipinski definition) is 1. The third-order valence-electron chi connectivity index (χ3n) is 4.58. The molecular weight excluding hydrogens is 281 g/mol. The Labute approximate surface area is 110 Å². The zero-order valence-corrected chi connectivity index (χ0v) is 11.3. The van der Waals surface area contributed by atoms with E-state index in [0.717, 1.165) is 16.3 Å². The SMILES string of the molecule is NC(c1ccc(Br)cc1F)C1CC2CCC1C2. The molecule has 0 radical (unpaired) electrons. The largest absolute Gasteiger partial charge is 0.324 e. The Hall–Kier alpha value is -0.410. The summed E-state index contributed by atoms with van der Waals surface area (Å²) in [5.74, 6) is 1.91. The lowest BCUT2D eigenvalue weighted by Crippen LogP contribution is -2.26. The Bertz CT molecular complexity index is 434. The fraction of sp³-hybridized carbons (Fsp3) is 0.571. The van der Waals surface area contributed by atoms with E-state index in [4.69, 9.17) is 5.73 Å². The van der Waals surface area contributed by atoms with Crippen LogP contribution in [0.1, 0.15) is 37.3 Å². The topological polar surface area (TPSA) is 26.0 Å². The van der Waals surface area contributed by atoms with Gasteiger partial charge in [-0.2, -0.15) is 0 Å². The molecule has 3 rings (SSSR count). The van der Waals surface area contributed by atoms with Crippen LogP contribution in [0.3, 0.4) is 0 Å². The van der Waals surface area contributed by atoms with E-state index in [1.807, 2.05) is 12.1 Å². The maximum Gasteiger partial charge on any atom is 0.129 e. The average Bonchev–Trinajstić information content (AvgIpc) is 2.89. The number of nitrogens with two attached hydrogens (primary N) is 1. The van der Waals surface area contributed by atoms with Crippen molar-refractivity contribution >= 4 is 15.9 Å². The molecule has 0 amide bonds. The summed E-state index contributed by atoms with van der Waals surface area (Å²) in [6.45, 7) is 0. The van der Waals surface area contributed by atoms with Crippen molar-refractivity contribution < 1.29 is 4.39 Å². The van der Waals surface area contributed by atoms with Gasteiger partial charge in [0.05, 0.1) is 0 Å². The highest BCUT2D eigenvalue weighted by molar-refractivity contribution is 9.10. The van der Waals surface area contributed by atoms with E-state index in [0.29, 0.717) is 11.5 Å². The Morgan fingerprint density at radius 2 is 2.12 bits per heavy atom. The number of rotatable bonds is 2. The summed E-state index contributed by atoms with van der Waals surface area (Å²) in [7, 11) is 0. The first kappa shape index (κ1) is 11.7.